The quantitative estimate of drug-likeness (QED) is 0.285. The molecule has 2 heterocycles. The Morgan fingerprint density at radius 3 is 2.26 bits per heavy atom. The fraction of sp³-hybridized carbons (Fsp3) is 0.541. The lowest BCUT2D eigenvalue weighted by molar-refractivity contribution is 0.398. The number of anilines is 1. The molecule has 0 aliphatic heterocycles. The van der Waals surface area contributed by atoms with Crippen molar-refractivity contribution in [1.29, 1.82) is 5.26 Å². The topological polar surface area (TPSA) is 57.7 Å². The summed E-state index contributed by atoms with van der Waals surface area (Å²) in [6.07, 6.45) is 18.0. The van der Waals surface area contributed by atoms with Crippen molar-refractivity contribution in [3.63, 3.8) is 0 Å². The first-order chi connectivity index (χ1) is 20.4. The van der Waals surface area contributed by atoms with Crippen LogP contribution in [0.4, 0.5) is 5.69 Å². The fourth-order valence-corrected chi connectivity index (χ4v) is 6.05. The standard InChI is InChI=1S/C21H29N3.C14H18N2.C2H6/c1-16(2)24-15-20(14-22-24)19-11-8-12-21(13-19)23(4)17(3)18-9-6-5-7-10-18;1-2-11-8-9-13(16-14(11)10-15)12-6-4-3-5-7-12;1-2/h8,11-16,18H,3,5-7,9-10H2,1-2,4H3;8-9,12H,2-7H2,1H3;1-2H3. The SMILES string of the molecule is C=C(C1CCCCC1)N(C)c1cccc(-c2cnn(C(C)C)c2)c1.CC.CCc1ccc(C2CCCCC2)nc1C#N. The molecule has 2 aliphatic rings. The number of nitrogens with zero attached hydrogens (tertiary/aromatic N) is 5. The second-order valence-corrected chi connectivity index (χ2v) is 11.8. The normalized spacial score (nSPS) is 15.6. The van der Waals surface area contributed by atoms with Gasteiger partial charge in [0, 0.05) is 47.8 Å². The molecule has 5 heteroatoms. The number of benzene rings is 1. The predicted octanol–water partition coefficient (Wildman–Crippen LogP) is 10.3. The smallest absolute Gasteiger partial charge is 0.143 e. The maximum Gasteiger partial charge on any atom is 0.143 e. The van der Waals surface area contributed by atoms with Crippen LogP contribution in [-0.4, -0.2) is 21.8 Å². The molecule has 0 amide bonds. The lowest BCUT2D eigenvalue weighted by Crippen LogP contribution is -2.23. The van der Waals surface area contributed by atoms with E-state index in [9.17, 15) is 0 Å². The second kappa shape index (κ2) is 16.9. The van der Waals surface area contributed by atoms with Crippen LogP contribution in [0.5, 0.6) is 0 Å². The van der Waals surface area contributed by atoms with Gasteiger partial charge in [0.05, 0.1) is 6.20 Å². The van der Waals surface area contributed by atoms with Crippen molar-refractivity contribution in [1.82, 2.24) is 14.8 Å². The fourth-order valence-electron chi connectivity index (χ4n) is 6.05. The molecule has 1 aromatic carbocycles. The molecule has 2 fully saturated rings. The summed E-state index contributed by atoms with van der Waals surface area (Å²) in [4.78, 5) is 6.79. The molecule has 226 valence electrons. The molecule has 3 aromatic rings. The Bertz CT molecular complexity index is 1290. The molecular formula is C37H53N5. The van der Waals surface area contributed by atoms with Gasteiger partial charge in [-0.1, -0.05) is 84.1 Å². The van der Waals surface area contributed by atoms with E-state index in [-0.39, 0.29) is 0 Å². The van der Waals surface area contributed by atoms with Gasteiger partial charge in [-0.15, -0.1) is 0 Å². The van der Waals surface area contributed by atoms with Crippen molar-refractivity contribution in [3.05, 3.63) is 78.0 Å². The first-order valence-electron chi connectivity index (χ1n) is 16.4. The highest BCUT2D eigenvalue weighted by molar-refractivity contribution is 5.68. The number of rotatable bonds is 7. The Labute approximate surface area is 255 Å². The highest BCUT2D eigenvalue weighted by Crippen LogP contribution is 2.34. The van der Waals surface area contributed by atoms with Crippen molar-refractivity contribution < 1.29 is 0 Å². The van der Waals surface area contributed by atoms with Crippen LogP contribution in [0.3, 0.4) is 0 Å². The number of hydrogen-bond acceptors (Lipinski definition) is 4. The Hall–Kier alpha value is -3.39. The van der Waals surface area contributed by atoms with Crippen LogP contribution in [0.1, 0.15) is 128 Å². The van der Waals surface area contributed by atoms with Gasteiger partial charge in [-0.05, 0) is 81.2 Å². The lowest BCUT2D eigenvalue weighted by Gasteiger charge is -2.31. The van der Waals surface area contributed by atoms with Crippen molar-refractivity contribution in [2.75, 3.05) is 11.9 Å². The van der Waals surface area contributed by atoms with Crippen molar-refractivity contribution in [3.8, 4) is 17.2 Å². The third-order valence-electron chi connectivity index (χ3n) is 8.72. The van der Waals surface area contributed by atoms with Crippen LogP contribution in [0.25, 0.3) is 11.1 Å². The molecule has 0 N–H and O–H groups in total. The van der Waals surface area contributed by atoms with Gasteiger partial charge in [0.25, 0.3) is 0 Å². The summed E-state index contributed by atoms with van der Waals surface area (Å²) >= 11 is 0. The summed E-state index contributed by atoms with van der Waals surface area (Å²) in [6.45, 7) is 14.8. The Kier molecular flexibility index (Phi) is 13.3. The third-order valence-corrected chi connectivity index (χ3v) is 8.72. The van der Waals surface area contributed by atoms with Crippen molar-refractivity contribution in [2.24, 2.45) is 5.92 Å². The predicted molar refractivity (Wildman–Crippen MR) is 178 cm³/mol. The van der Waals surface area contributed by atoms with Crippen molar-refractivity contribution in [2.45, 2.75) is 117 Å². The molecule has 0 radical (unpaired) electrons. The van der Waals surface area contributed by atoms with Gasteiger partial charge in [0.1, 0.15) is 11.8 Å². The van der Waals surface area contributed by atoms with E-state index in [1.807, 2.05) is 24.7 Å². The molecule has 0 spiro atoms. The van der Waals surface area contributed by atoms with Crippen LogP contribution in [0.2, 0.25) is 0 Å². The molecule has 2 aromatic heterocycles. The van der Waals surface area contributed by atoms with E-state index in [0.29, 0.717) is 23.6 Å². The van der Waals surface area contributed by atoms with Gasteiger partial charge >= 0.3 is 0 Å². The zero-order valence-corrected chi connectivity index (χ0v) is 27.1. The summed E-state index contributed by atoms with van der Waals surface area (Å²) in [5.74, 6) is 1.22. The highest BCUT2D eigenvalue weighted by Gasteiger charge is 2.20. The molecule has 0 atom stereocenters. The maximum absolute atomic E-state index is 9.06. The zero-order valence-electron chi connectivity index (χ0n) is 27.1. The Balaban J connectivity index is 0.000000234. The Morgan fingerprint density at radius 2 is 1.67 bits per heavy atom. The summed E-state index contributed by atoms with van der Waals surface area (Å²) in [5.41, 5.74) is 7.68. The van der Waals surface area contributed by atoms with Gasteiger partial charge in [-0.3, -0.25) is 4.68 Å². The number of hydrogen-bond donors (Lipinski definition) is 0. The lowest BCUT2D eigenvalue weighted by atomic mass is 9.86. The van der Waals surface area contributed by atoms with E-state index in [2.05, 4.69) is 98.0 Å². The van der Waals surface area contributed by atoms with Gasteiger partial charge in [-0.2, -0.15) is 10.4 Å². The summed E-state index contributed by atoms with van der Waals surface area (Å²) in [5, 5.41) is 13.5. The Morgan fingerprint density at radius 1 is 1.00 bits per heavy atom. The van der Waals surface area contributed by atoms with Crippen LogP contribution in [0, 0.1) is 17.2 Å². The molecule has 2 saturated carbocycles. The molecule has 0 bridgehead atoms. The molecule has 42 heavy (non-hydrogen) atoms. The molecule has 5 nitrogen and oxygen atoms in total. The first kappa shape index (κ1) is 33.1. The molecule has 0 saturated heterocycles. The number of aryl methyl sites for hydroxylation is 1. The van der Waals surface area contributed by atoms with E-state index in [1.54, 1.807) is 0 Å². The van der Waals surface area contributed by atoms with E-state index >= 15 is 0 Å². The van der Waals surface area contributed by atoms with Gasteiger partial charge in [0.15, 0.2) is 0 Å². The van der Waals surface area contributed by atoms with Crippen molar-refractivity contribution >= 4 is 5.69 Å². The summed E-state index contributed by atoms with van der Waals surface area (Å²) in [7, 11) is 2.15. The van der Waals surface area contributed by atoms with Crippen LogP contribution in [0.15, 0.2) is 61.1 Å². The van der Waals surface area contributed by atoms with Crippen LogP contribution in [-0.2, 0) is 6.42 Å². The minimum Gasteiger partial charge on any atom is -0.348 e. The van der Waals surface area contributed by atoms with E-state index in [4.69, 9.17) is 5.26 Å². The summed E-state index contributed by atoms with van der Waals surface area (Å²) < 4.78 is 2.01. The van der Waals surface area contributed by atoms with Gasteiger partial charge in [0.2, 0.25) is 0 Å². The first-order valence-corrected chi connectivity index (χ1v) is 16.4. The minimum absolute atomic E-state index is 0.385. The number of aromatic nitrogens is 3. The maximum atomic E-state index is 9.06. The number of nitriles is 1. The average molecular weight is 568 g/mol. The number of allylic oxidation sites excluding steroid dienone is 1. The largest absolute Gasteiger partial charge is 0.348 e. The molecule has 0 unspecified atom stereocenters. The van der Waals surface area contributed by atoms with E-state index < -0.39 is 0 Å². The van der Waals surface area contributed by atoms with Gasteiger partial charge in [-0.25, -0.2) is 4.98 Å². The zero-order chi connectivity index (χ0) is 30.5. The molecule has 5 rings (SSSR count). The molecule has 2 aliphatic carbocycles. The average Bonchev–Trinajstić information content (AvgIpc) is 3.57. The highest BCUT2D eigenvalue weighted by atomic mass is 15.3. The minimum atomic E-state index is 0.385. The second-order valence-electron chi connectivity index (χ2n) is 11.8. The summed E-state index contributed by atoms with van der Waals surface area (Å²) in [6, 6.07) is 15.5. The van der Waals surface area contributed by atoms with E-state index in [0.717, 1.165) is 17.7 Å². The number of pyridine rings is 1. The van der Waals surface area contributed by atoms with E-state index in [1.165, 1.54) is 86.7 Å². The molecular weight excluding hydrogens is 514 g/mol. The third kappa shape index (κ3) is 8.81. The van der Waals surface area contributed by atoms with Crippen LogP contribution < -0.4 is 4.90 Å². The van der Waals surface area contributed by atoms with Crippen LogP contribution >= 0.6 is 0 Å². The van der Waals surface area contributed by atoms with Gasteiger partial charge < -0.3 is 4.90 Å². The monoisotopic (exact) mass is 567 g/mol.